The Morgan fingerprint density at radius 1 is 1.37 bits per heavy atom. The van der Waals surface area contributed by atoms with E-state index in [1.54, 1.807) is 0 Å². The topological polar surface area (TPSA) is 72.5 Å². The first kappa shape index (κ1) is 15.3. The van der Waals surface area contributed by atoms with Gasteiger partial charge in [0.05, 0.1) is 5.56 Å². The van der Waals surface area contributed by atoms with Gasteiger partial charge in [-0.25, -0.2) is 4.79 Å². The van der Waals surface area contributed by atoms with Crippen molar-refractivity contribution in [1.29, 1.82) is 0 Å². The molecule has 0 bridgehead atoms. The number of alkyl halides is 3. The summed E-state index contributed by atoms with van der Waals surface area (Å²) in [6.07, 6.45) is -5.93. The molecule has 1 amide bonds. The summed E-state index contributed by atoms with van der Waals surface area (Å²) in [6, 6.07) is 2.93. The average molecular weight is 297 g/mol. The Kier molecular flexibility index (Phi) is 4.40. The molecule has 19 heavy (non-hydrogen) atoms. The van der Waals surface area contributed by atoms with E-state index >= 15 is 0 Å². The van der Waals surface area contributed by atoms with Gasteiger partial charge in [0.1, 0.15) is 4.90 Å². The second-order valence-corrected chi connectivity index (χ2v) is 4.93. The summed E-state index contributed by atoms with van der Waals surface area (Å²) in [5.74, 6) is 0. The van der Waals surface area contributed by atoms with Crippen molar-refractivity contribution in [2.24, 2.45) is 0 Å². The molecule has 0 aliphatic heterocycles. The molecule has 1 rings (SSSR count). The number of hydrogen-bond donors (Lipinski definition) is 1. The van der Waals surface area contributed by atoms with E-state index in [1.165, 1.54) is 6.92 Å². The van der Waals surface area contributed by atoms with Crippen LogP contribution in [0.1, 0.15) is 12.5 Å². The van der Waals surface area contributed by atoms with E-state index in [2.05, 4.69) is 9.50 Å². The molecule has 0 unspecified atom stereocenters. The van der Waals surface area contributed by atoms with E-state index in [1.807, 2.05) is 0 Å². The van der Waals surface area contributed by atoms with E-state index in [-0.39, 0.29) is 6.54 Å². The lowest BCUT2D eigenvalue weighted by molar-refractivity contribution is -0.137. The number of hydrogen-bond acceptors (Lipinski definition) is 4. The lowest BCUT2D eigenvalue weighted by Crippen LogP contribution is -2.26. The molecule has 0 spiro atoms. The number of carbonyl (C=O) groups excluding carboxylic acids is 1. The van der Waals surface area contributed by atoms with Gasteiger partial charge in [0, 0.05) is 6.54 Å². The van der Waals surface area contributed by atoms with Crippen molar-refractivity contribution in [2.45, 2.75) is 18.0 Å². The maximum absolute atomic E-state index is 12.4. The Labute approximate surface area is 107 Å². The summed E-state index contributed by atoms with van der Waals surface area (Å²) in [5, 5.41) is 2.05. The zero-order valence-electron chi connectivity index (χ0n) is 9.69. The molecule has 0 atom stereocenters. The minimum absolute atomic E-state index is 0.122. The van der Waals surface area contributed by atoms with Gasteiger partial charge in [-0.15, -0.1) is 0 Å². The molecule has 0 fully saturated rings. The summed E-state index contributed by atoms with van der Waals surface area (Å²) in [5.41, 5.74) is -1.15. The average Bonchev–Trinajstić information content (AvgIpc) is 2.27. The van der Waals surface area contributed by atoms with Gasteiger partial charge in [0.25, 0.3) is 0 Å². The van der Waals surface area contributed by atoms with Crippen molar-refractivity contribution in [3.8, 4) is 0 Å². The van der Waals surface area contributed by atoms with Gasteiger partial charge >= 0.3 is 22.4 Å². The number of carbonyl (C=O) groups is 1. The third kappa shape index (κ3) is 4.12. The summed E-state index contributed by atoms with van der Waals surface area (Å²) < 4.78 is 64.5. The Bertz CT molecular complexity index is 568. The number of rotatable bonds is 3. The third-order valence-corrected chi connectivity index (χ3v) is 3.16. The second-order valence-electron chi connectivity index (χ2n) is 3.38. The highest BCUT2D eigenvalue weighted by atomic mass is 32.2. The monoisotopic (exact) mass is 297 g/mol. The molecule has 5 nitrogen and oxygen atoms in total. The van der Waals surface area contributed by atoms with Crippen molar-refractivity contribution in [2.75, 3.05) is 6.54 Å². The summed E-state index contributed by atoms with van der Waals surface area (Å²) in [7, 11) is -4.58. The maximum atomic E-state index is 12.4. The lowest BCUT2D eigenvalue weighted by Gasteiger charge is -2.09. The molecule has 0 heterocycles. The molecule has 1 N–H and O–H groups in total. The van der Waals surface area contributed by atoms with Crippen LogP contribution < -0.4 is 5.32 Å². The van der Waals surface area contributed by atoms with Crippen molar-refractivity contribution in [3.63, 3.8) is 0 Å². The lowest BCUT2D eigenvalue weighted by atomic mass is 10.2. The second kappa shape index (κ2) is 5.47. The number of nitrogens with one attached hydrogen (secondary N) is 1. The number of benzene rings is 1. The number of halogens is 3. The van der Waals surface area contributed by atoms with Gasteiger partial charge in [0.2, 0.25) is 0 Å². The quantitative estimate of drug-likeness (QED) is 0.868. The minimum Gasteiger partial charge on any atom is -0.324 e. The molecule has 0 aromatic heterocycles. The number of amides is 1. The predicted molar refractivity (Wildman–Crippen MR) is 58.8 cm³/mol. The van der Waals surface area contributed by atoms with E-state index in [0.717, 1.165) is 12.1 Å². The van der Waals surface area contributed by atoms with Crippen LogP contribution in [0.3, 0.4) is 0 Å². The Hall–Kier alpha value is -1.77. The molecule has 1 aromatic rings. The predicted octanol–water partition coefficient (Wildman–Crippen LogP) is 2.14. The Balaban J connectivity index is 3.06. The molecule has 1 aromatic carbocycles. The van der Waals surface area contributed by atoms with Gasteiger partial charge in [-0.05, 0) is 25.1 Å². The molecule has 0 aliphatic carbocycles. The SMILES string of the molecule is CCNC(=O)OS(=O)(=O)c1cccc(C(F)(F)F)c1. The molecular formula is C10H10F3NO4S. The highest BCUT2D eigenvalue weighted by molar-refractivity contribution is 7.87. The maximum Gasteiger partial charge on any atom is 0.423 e. The fourth-order valence-electron chi connectivity index (χ4n) is 1.15. The van der Waals surface area contributed by atoms with Crippen LogP contribution in [-0.2, 0) is 20.5 Å². The van der Waals surface area contributed by atoms with E-state index in [0.29, 0.717) is 12.1 Å². The van der Waals surface area contributed by atoms with Gasteiger partial charge < -0.3 is 9.50 Å². The normalized spacial score (nSPS) is 12.0. The van der Waals surface area contributed by atoms with Crippen molar-refractivity contribution >= 4 is 16.2 Å². The fraction of sp³-hybridized carbons (Fsp3) is 0.300. The van der Waals surface area contributed by atoms with Gasteiger partial charge in [-0.1, -0.05) is 6.07 Å². The highest BCUT2D eigenvalue weighted by Gasteiger charge is 2.32. The Morgan fingerprint density at radius 3 is 2.53 bits per heavy atom. The van der Waals surface area contributed by atoms with Crippen LogP contribution in [0.2, 0.25) is 0 Å². The third-order valence-electron chi connectivity index (χ3n) is 1.96. The van der Waals surface area contributed by atoms with Gasteiger partial charge in [-0.3, -0.25) is 0 Å². The van der Waals surface area contributed by atoms with Crippen LogP contribution in [0.25, 0.3) is 0 Å². The zero-order valence-corrected chi connectivity index (χ0v) is 10.5. The van der Waals surface area contributed by atoms with Crippen LogP contribution in [0.4, 0.5) is 18.0 Å². The molecule has 0 aliphatic rings. The summed E-state index contributed by atoms with van der Waals surface area (Å²) in [4.78, 5) is 10.2. The van der Waals surface area contributed by atoms with E-state index in [4.69, 9.17) is 0 Å². The van der Waals surface area contributed by atoms with Crippen LogP contribution >= 0.6 is 0 Å². The first-order valence-corrected chi connectivity index (χ1v) is 6.47. The van der Waals surface area contributed by atoms with E-state index < -0.39 is 32.8 Å². The van der Waals surface area contributed by atoms with Crippen molar-refractivity contribution in [1.82, 2.24) is 5.32 Å². The molecule has 106 valence electrons. The summed E-state index contributed by atoms with van der Waals surface area (Å²) in [6.45, 7) is 1.65. The molecular weight excluding hydrogens is 287 g/mol. The van der Waals surface area contributed by atoms with Gasteiger partial charge in [0.15, 0.2) is 0 Å². The van der Waals surface area contributed by atoms with Gasteiger partial charge in [-0.2, -0.15) is 21.6 Å². The zero-order chi connectivity index (χ0) is 14.7. The molecule has 9 heteroatoms. The highest BCUT2D eigenvalue weighted by Crippen LogP contribution is 2.30. The molecule has 0 saturated heterocycles. The smallest absolute Gasteiger partial charge is 0.324 e. The van der Waals surface area contributed by atoms with Crippen molar-refractivity contribution in [3.05, 3.63) is 29.8 Å². The largest absolute Gasteiger partial charge is 0.423 e. The van der Waals surface area contributed by atoms with Crippen LogP contribution in [-0.4, -0.2) is 21.1 Å². The first-order valence-electron chi connectivity index (χ1n) is 5.06. The Morgan fingerprint density at radius 2 is 2.00 bits per heavy atom. The van der Waals surface area contributed by atoms with Crippen LogP contribution in [0, 0.1) is 0 Å². The van der Waals surface area contributed by atoms with E-state index in [9.17, 15) is 26.4 Å². The van der Waals surface area contributed by atoms with Crippen LogP contribution in [0.5, 0.6) is 0 Å². The van der Waals surface area contributed by atoms with Crippen molar-refractivity contribution < 1.29 is 30.6 Å². The molecule has 0 radical (unpaired) electrons. The van der Waals surface area contributed by atoms with Crippen LogP contribution in [0.15, 0.2) is 29.2 Å². The minimum atomic E-state index is -4.68. The molecule has 0 saturated carbocycles. The summed E-state index contributed by atoms with van der Waals surface area (Å²) >= 11 is 0. The fourth-order valence-corrected chi connectivity index (χ4v) is 2.02. The first-order chi connectivity index (χ1) is 8.66. The standard InChI is InChI=1S/C10H10F3NO4S/c1-2-14-9(15)18-19(16,17)8-5-3-4-7(6-8)10(11,12)13/h3-6H,2H2,1H3,(H,14,15).